The molecule has 4 bridgehead atoms. The van der Waals surface area contributed by atoms with E-state index in [9.17, 15) is 4.79 Å². The molecule has 5 aliphatic rings. The molecule has 5 fully saturated rings. The molecule has 4 saturated carbocycles. The molecule has 1 saturated heterocycles. The summed E-state index contributed by atoms with van der Waals surface area (Å²) in [6.07, 6.45) is 9.92. The Bertz CT molecular complexity index is 376. The second kappa shape index (κ2) is 4.46. The van der Waals surface area contributed by atoms with Crippen LogP contribution in [-0.4, -0.2) is 24.5 Å². The van der Waals surface area contributed by atoms with Gasteiger partial charge < -0.3 is 10.6 Å². The molecule has 0 aromatic heterocycles. The molecule has 2 N–H and O–H groups in total. The largest absolute Gasteiger partial charge is 0.350 e. The Labute approximate surface area is 122 Å². The first-order chi connectivity index (χ1) is 9.57. The van der Waals surface area contributed by atoms with Gasteiger partial charge in [0.2, 0.25) is 5.91 Å². The Morgan fingerprint density at radius 1 is 1.00 bits per heavy atom. The minimum atomic E-state index is 0.0165. The van der Waals surface area contributed by atoms with Crippen LogP contribution >= 0.6 is 0 Å². The average Bonchev–Trinajstić information content (AvgIpc) is 2.37. The maximum absolute atomic E-state index is 13.0. The SMILES string of the molecule is CC1(NC(=O)C23CC4CC(CC(C4)C2)C3)CCNCC1. The lowest BCUT2D eigenvalue weighted by atomic mass is 9.49. The highest BCUT2D eigenvalue weighted by Crippen LogP contribution is 2.60. The molecule has 0 unspecified atom stereocenters. The van der Waals surface area contributed by atoms with E-state index < -0.39 is 0 Å². The molecular formula is C17H28N2O. The molecule has 0 aromatic rings. The van der Waals surface area contributed by atoms with Crippen LogP contribution in [0.1, 0.15) is 58.3 Å². The predicted molar refractivity (Wildman–Crippen MR) is 79.3 cm³/mol. The van der Waals surface area contributed by atoms with Gasteiger partial charge in [-0.1, -0.05) is 0 Å². The zero-order valence-corrected chi connectivity index (χ0v) is 12.7. The maximum atomic E-state index is 13.0. The van der Waals surface area contributed by atoms with E-state index in [1.807, 2.05) is 0 Å². The van der Waals surface area contributed by atoms with Crippen molar-refractivity contribution in [2.75, 3.05) is 13.1 Å². The summed E-state index contributed by atoms with van der Waals surface area (Å²) in [6.45, 7) is 4.32. The summed E-state index contributed by atoms with van der Waals surface area (Å²) >= 11 is 0. The van der Waals surface area contributed by atoms with Crippen LogP contribution in [0.4, 0.5) is 0 Å². The van der Waals surface area contributed by atoms with Crippen LogP contribution in [0.15, 0.2) is 0 Å². The van der Waals surface area contributed by atoms with E-state index >= 15 is 0 Å². The minimum absolute atomic E-state index is 0.0165. The molecule has 3 heteroatoms. The first-order valence-electron chi connectivity index (χ1n) is 8.60. The average molecular weight is 276 g/mol. The zero-order chi connectivity index (χ0) is 13.8. The molecule has 3 nitrogen and oxygen atoms in total. The topological polar surface area (TPSA) is 41.1 Å². The summed E-state index contributed by atoms with van der Waals surface area (Å²) in [7, 11) is 0. The first kappa shape index (κ1) is 13.1. The highest BCUT2D eigenvalue weighted by atomic mass is 16.2. The van der Waals surface area contributed by atoms with E-state index in [1.54, 1.807) is 0 Å². The summed E-state index contributed by atoms with van der Waals surface area (Å²) in [4.78, 5) is 13.0. The van der Waals surface area contributed by atoms with Crippen LogP contribution in [-0.2, 0) is 4.79 Å². The van der Waals surface area contributed by atoms with Crippen LogP contribution in [0, 0.1) is 23.2 Å². The Kier molecular flexibility index (Phi) is 2.93. The molecule has 5 rings (SSSR count). The number of piperidine rings is 1. The molecule has 0 spiro atoms. The molecule has 1 amide bonds. The summed E-state index contributed by atoms with van der Waals surface area (Å²) < 4.78 is 0. The Balaban J connectivity index is 1.50. The Hall–Kier alpha value is -0.570. The number of carbonyl (C=O) groups excluding carboxylic acids is 1. The van der Waals surface area contributed by atoms with E-state index in [2.05, 4.69) is 17.6 Å². The van der Waals surface area contributed by atoms with Crippen molar-refractivity contribution in [1.29, 1.82) is 0 Å². The van der Waals surface area contributed by atoms with Crippen LogP contribution in [0.2, 0.25) is 0 Å². The van der Waals surface area contributed by atoms with Gasteiger partial charge in [-0.15, -0.1) is 0 Å². The number of carbonyl (C=O) groups is 1. The molecule has 0 radical (unpaired) electrons. The summed E-state index contributed by atoms with van der Waals surface area (Å²) in [6, 6.07) is 0. The number of hydrogen-bond donors (Lipinski definition) is 2. The molecule has 1 aliphatic heterocycles. The zero-order valence-electron chi connectivity index (χ0n) is 12.7. The summed E-state index contributed by atoms with van der Waals surface area (Å²) in [5.74, 6) is 2.97. The predicted octanol–water partition coefficient (Wildman–Crippen LogP) is 2.46. The van der Waals surface area contributed by atoms with Gasteiger partial charge in [0.05, 0.1) is 0 Å². The van der Waals surface area contributed by atoms with Crippen molar-refractivity contribution in [3.8, 4) is 0 Å². The van der Waals surface area contributed by atoms with E-state index in [0.717, 1.165) is 43.7 Å². The fraction of sp³-hybridized carbons (Fsp3) is 0.941. The quantitative estimate of drug-likeness (QED) is 0.813. The molecule has 0 aromatic carbocycles. The summed E-state index contributed by atoms with van der Waals surface area (Å²) in [5, 5.41) is 6.87. The monoisotopic (exact) mass is 276 g/mol. The summed E-state index contributed by atoms with van der Waals surface area (Å²) in [5.41, 5.74) is 0.0499. The third-order valence-electron chi connectivity index (χ3n) is 6.64. The van der Waals surface area contributed by atoms with Crippen molar-refractivity contribution < 1.29 is 4.79 Å². The van der Waals surface area contributed by atoms with Crippen molar-refractivity contribution in [3.05, 3.63) is 0 Å². The lowest BCUT2D eigenvalue weighted by molar-refractivity contribution is -0.148. The number of amides is 1. The molecule has 1 heterocycles. The van der Waals surface area contributed by atoms with Crippen molar-refractivity contribution in [2.24, 2.45) is 23.2 Å². The van der Waals surface area contributed by atoms with Crippen molar-refractivity contribution in [2.45, 2.75) is 63.8 Å². The molecule has 0 atom stereocenters. The van der Waals surface area contributed by atoms with Gasteiger partial charge in [0.1, 0.15) is 0 Å². The van der Waals surface area contributed by atoms with E-state index in [1.165, 1.54) is 38.5 Å². The highest BCUT2D eigenvalue weighted by Gasteiger charge is 2.55. The molecule has 20 heavy (non-hydrogen) atoms. The molecular weight excluding hydrogens is 248 g/mol. The lowest BCUT2D eigenvalue weighted by Gasteiger charge is -2.56. The molecule has 112 valence electrons. The standard InChI is InChI=1S/C17H28N2O/c1-16(2-4-18-5-3-16)19-15(20)17-9-12-6-13(10-17)8-14(7-12)11-17/h12-14,18H,2-11H2,1H3,(H,19,20). The Morgan fingerprint density at radius 2 is 1.50 bits per heavy atom. The van der Waals surface area contributed by atoms with Crippen molar-refractivity contribution in [1.82, 2.24) is 10.6 Å². The van der Waals surface area contributed by atoms with Gasteiger partial charge in [-0.25, -0.2) is 0 Å². The fourth-order valence-corrected chi connectivity index (χ4v) is 5.90. The van der Waals surface area contributed by atoms with E-state index in [4.69, 9.17) is 0 Å². The minimum Gasteiger partial charge on any atom is -0.350 e. The lowest BCUT2D eigenvalue weighted by Crippen LogP contribution is -2.60. The third kappa shape index (κ3) is 2.09. The maximum Gasteiger partial charge on any atom is 0.226 e. The van der Waals surface area contributed by atoms with Gasteiger partial charge in [-0.05, 0) is 89.1 Å². The van der Waals surface area contributed by atoms with Gasteiger partial charge >= 0.3 is 0 Å². The normalized spacial score (nSPS) is 45.4. The fourth-order valence-electron chi connectivity index (χ4n) is 5.90. The Morgan fingerprint density at radius 3 is 2.00 bits per heavy atom. The number of nitrogens with one attached hydrogen (secondary N) is 2. The number of hydrogen-bond acceptors (Lipinski definition) is 2. The third-order valence-corrected chi connectivity index (χ3v) is 6.64. The van der Waals surface area contributed by atoms with Gasteiger partial charge in [-0.2, -0.15) is 0 Å². The first-order valence-corrected chi connectivity index (χ1v) is 8.60. The van der Waals surface area contributed by atoms with Gasteiger partial charge in [-0.3, -0.25) is 4.79 Å². The van der Waals surface area contributed by atoms with E-state index in [0.29, 0.717) is 5.91 Å². The van der Waals surface area contributed by atoms with E-state index in [-0.39, 0.29) is 11.0 Å². The number of rotatable bonds is 2. The van der Waals surface area contributed by atoms with Gasteiger partial charge in [0.25, 0.3) is 0 Å². The van der Waals surface area contributed by atoms with Crippen LogP contribution in [0.25, 0.3) is 0 Å². The highest BCUT2D eigenvalue weighted by molar-refractivity contribution is 5.84. The van der Waals surface area contributed by atoms with Gasteiger partial charge in [0.15, 0.2) is 0 Å². The van der Waals surface area contributed by atoms with Crippen LogP contribution < -0.4 is 10.6 Å². The van der Waals surface area contributed by atoms with Crippen molar-refractivity contribution in [3.63, 3.8) is 0 Å². The van der Waals surface area contributed by atoms with Crippen LogP contribution in [0.3, 0.4) is 0 Å². The second-order valence-electron chi connectivity index (χ2n) is 8.46. The van der Waals surface area contributed by atoms with Crippen LogP contribution in [0.5, 0.6) is 0 Å². The van der Waals surface area contributed by atoms with Gasteiger partial charge in [0, 0.05) is 11.0 Å². The smallest absolute Gasteiger partial charge is 0.226 e. The van der Waals surface area contributed by atoms with Crippen molar-refractivity contribution >= 4 is 5.91 Å². The second-order valence-corrected chi connectivity index (χ2v) is 8.46. The molecule has 4 aliphatic carbocycles.